The number of anilines is 2. The van der Waals surface area contributed by atoms with Gasteiger partial charge in [-0.2, -0.15) is 21.9 Å². The van der Waals surface area contributed by atoms with Crippen LogP contribution in [-0.4, -0.2) is 213 Å². The lowest BCUT2D eigenvalue weighted by Crippen LogP contribution is -2.64. The number of rotatable bonds is 36. The summed E-state index contributed by atoms with van der Waals surface area (Å²) >= 11 is 1.39. The largest absolute Gasteiger partial charge is 0.476 e. The first-order chi connectivity index (χ1) is 53.0. The Morgan fingerprint density at radius 2 is 1.54 bits per heavy atom. The molecular formula is C78H96N12O19S3. The van der Waals surface area contributed by atoms with E-state index in [-0.39, 0.29) is 118 Å². The summed E-state index contributed by atoms with van der Waals surface area (Å²) < 4.78 is 87.3. The van der Waals surface area contributed by atoms with Gasteiger partial charge >= 0.3 is 18.1 Å². The predicted octanol–water partition coefficient (Wildman–Crippen LogP) is 7.59. The molecule has 31 nitrogen and oxygen atoms in total. The minimum absolute atomic E-state index is 0.0124. The van der Waals surface area contributed by atoms with Crippen molar-refractivity contribution in [3.63, 3.8) is 0 Å². The molecule has 6 heterocycles. The van der Waals surface area contributed by atoms with Crippen molar-refractivity contribution in [2.75, 3.05) is 80.8 Å². The molecule has 13 rings (SSSR count). The van der Waals surface area contributed by atoms with Crippen LogP contribution < -0.4 is 26.6 Å². The van der Waals surface area contributed by atoms with Gasteiger partial charge in [-0.1, -0.05) is 87.6 Å². The number of carbonyl (C=O) groups is 9. The van der Waals surface area contributed by atoms with Crippen LogP contribution in [0.5, 0.6) is 0 Å². The number of amides is 7. The van der Waals surface area contributed by atoms with E-state index in [1.54, 1.807) is 61.3 Å². The van der Waals surface area contributed by atoms with E-state index in [2.05, 4.69) is 34.8 Å². The molecule has 2 unspecified atom stereocenters. The highest BCUT2D eigenvalue weighted by molar-refractivity contribution is 7.86. The summed E-state index contributed by atoms with van der Waals surface area (Å²) in [5.74, 6) is -6.21. The Morgan fingerprint density at radius 3 is 2.22 bits per heavy atom. The first kappa shape index (κ1) is 82.0. The van der Waals surface area contributed by atoms with E-state index in [0.717, 1.165) is 76.2 Å². The number of ketones is 2. The van der Waals surface area contributed by atoms with E-state index < -0.39 is 115 Å². The number of aromatic carboxylic acids is 1. The highest BCUT2D eigenvalue weighted by Crippen LogP contribution is 2.72. The number of carboxylic acid groups (broad SMARTS) is 1. The van der Waals surface area contributed by atoms with E-state index in [4.69, 9.17) is 30.0 Å². The summed E-state index contributed by atoms with van der Waals surface area (Å²) in [7, 11) is -8.87. The number of hydrogen-bond donors (Lipinski definition) is 7. The number of imide groups is 1. The number of urea groups is 1. The number of benzene rings is 3. The molecule has 34 heteroatoms. The first-order valence-corrected chi connectivity index (χ1v) is 41.6. The van der Waals surface area contributed by atoms with Crippen LogP contribution in [0.1, 0.15) is 141 Å². The van der Waals surface area contributed by atoms with Gasteiger partial charge in [0.05, 0.1) is 72.0 Å². The second-order valence-electron chi connectivity index (χ2n) is 32.0. The van der Waals surface area contributed by atoms with Crippen LogP contribution in [0.25, 0.3) is 21.3 Å². The zero-order chi connectivity index (χ0) is 80.2. The molecule has 3 aromatic carbocycles. The minimum atomic E-state index is -4.54. The minimum Gasteiger partial charge on any atom is -0.476 e. The number of nitrogens with zero attached hydrogens (tertiary/aromatic N) is 8. The molecule has 0 spiro atoms. The van der Waals surface area contributed by atoms with E-state index in [0.29, 0.717) is 71.2 Å². The molecule has 4 bridgehead atoms. The molecule has 7 aliphatic rings. The molecule has 6 atom stereocenters. The van der Waals surface area contributed by atoms with Gasteiger partial charge in [0.1, 0.15) is 18.2 Å². The zero-order valence-corrected chi connectivity index (χ0v) is 65.7. The normalized spacial score (nSPS) is 22.6. The summed E-state index contributed by atoms with van der Waals surface area (Å²) in [6.45, 7) is 10.2. The van der Waals surface area contributed by atoms with Gasteiger partial charge < -0.3 is 45.5 Å². The Morgan fingerprint density at radius 1 is 0.821 bits per heavy atom. The van der Waals surface area contributed by atoms with Gasteiger partial charge in [0.25, 0.3) is 38.0 Å². The number of carbonyl (C=O) groups excluding carboxylic acids is 8. The Bertz CT molecular complexity index is 4820. The molecule has 6 aromatic rings. The predicted molar refractivity (Wildman–Crippen MR) is 413 cm³/mol. The van der Waals surface area contributed by atoms with Gasteiger partial charge in [-0.15, -0.1) is 0 Å². The van der Waals surface area contributed by atoms with Crippen molar-refractivity contribution in [2.45, 2.75) is 155 Å². The number of fused-ring (bicyclic) bond motifs is 2. The number of primary amides is 1. The second-order valence-corrected chi connectivity index (χ2v) is 36.2. The molecule has 4 aliphatic carbocycles. The number of thiazole rings is 1. The van der Waals surface area contributed by atoms with Gasteiger partial charge in [-0.3, -0.25) is 57.7 Å². The maximum atomic E-state index is 14.2. The number of hydrogen-bond acceptors (Lipinski definition) is 22. The number of aromatic nitrogens is 4. The van der Waals surface area contributed by atoms with Crippen LogP contribution >= 0.6 is 11.3 Å². The van der Waals surface area contributed by atoms with Crippen LogP contribution in [-0.2, 0) is 91.0 Å². The quantitative estimate of drug-likeness (QED) is 0.0113. The average molecular weight is 1600 g/mol. The maximum absolute atomic E-state index is 14.2. The fourth-order valence-electron chi connectivity index (χ4n) is 18.6. The lowest BCUT2D eigenvalue weighted by molar-refractivity contribution is -0.248. The van der Waals surface area contributed by atoms with Crippen molar-refractivity contribution < 1.29 is 88.4 Å². The standard InChI is InChI=1S/C78H96N12O19S3/c1-48(2)58(34-55(91)37-88-36-53(90-66(93)21-22-67(90)94)33-54(88)40-107-29-31-112(104,105)106)70(96)82-61(13-9-24-80-72(79)99)63(92)32-50-15-17-51(18-16-50)39-108-74(100)86(27-30-111(101,102)103)26-28-109-78-44-75(4)41-76(5,45-78)43-77(42-75,46-78)47-89-49(3)59(35-81-89)56-19-20-65(84-68(56)71(97)98)87-25-23-52-10-8-11-57(60(52)38-87)69(95)85-73-83-62-12-6-7-14-64(62)110-73/h6-8,10-12,14-22,35,48,53-54,58,61H,9,13,23-34,36-47H2,1-5H3,(H,82,96)(H,97,98)(H3,79,80,99)(H,83,85,95)(H,101,102,103)(H,104,105,106)/t53-,54-,58-,61-,75?,76?,77?,78?/m0/s1. The van der Waals surface area contributed by atoms with Gasteiger partial charge in [0.15, 0.2) is 16.6 Å². The van der Waals surface area contributed by atoms with Gasteiger partial charge in [-0.05, 0) is 146 Å². The molecule has 600 valence electrons. The Labute approximate surface area is 653 Å². The third-order valence-electron chi connectivity index (χ3n) is 22.5. The van der Waals surface area contributed by atoms with Crippen LogP contribution in [0.15, 0.2) is 97.2 Å². The number of pyridine rings is 1. The number of Topliss-reactive ketones (excluding diaryl/α,β-unsaturated/α-hetero) is 2. The topological polar surface area (TPSA) is 429 Å². The van der Waals surface area contributed by atoms with Gasteiger partial charge in [0, 0.05) is 105 Å². The Kier molecular flexibility index (Phi) is 24.7. The summed E-state index contributed by atoms with van der Waals surface area (Å²) in [4.78, 5) is 136. The van der Waals surface area contributed by atoms with Crippen molar-refractivity contribution in [3.05, 3.63) is 136 Å². The average Bonchev–Trinajstić information content (AvgIpc) is 0.714. The number of ether oxygens (including phenoxy) is 3. The molecule has 3 aliphatic heterocycles. The monoisotopic (exact) mass is 1600 g/mol. The summed E-state index contributed by atoms with van der Waals surface area (Å²) in [5, 5.41) is 24.5. The zero-order valence-electron chi connectivity index (χ0n) is 63.3. The summed E-state index contributed by atoms with van der Waals surface area (Å²) in [6, 6.07) is 20.4. The van der Waals surface area contributed by atoms with E-state index in [1.807, 2.05) is 59.0 Å². The van der Waals surface area contributed by atoms with Gasteiger partial charge in [-0.25, -0.2) is 24.4 Å². The molecule has 8 N–H and O–H groups in total. The molecule has 7 amide bonds. The number of para-hydroxylation sites is 1. The van der Waals surface area contributed by atoms with Crippen LogP contribution in [0.3, 0.4) is 0 Å². The molecule has 0 radical (unpaired) electrons. The second kappa shape index (κ2) is 33.7. The van der Waals surface area contributed by atoms with Crippen LogP contribution in [0, 0.1) is 35.0 Å². The lowest BCUT2D eigenvalue weighted by atomic mass is 9.39. The smallest absolute Gasteiger partial charge is 0.410 e. The molecular weight excluding hydrogens is 1510 g/mol. The van der Waals surface area contributed by atoms with E-state index >= 15 is 0 Å². The number of likely N-dealkylation sites (tertiary alicyclic amines) is 1. The maximum Gasteiger partial charge on any atom is 0.410 e. The molecule has 4 saturated carbocycles. The van der Waals surface area contributed by atoms with E-state index in [9.17, 15) is 74.2 Å². The highest BCUT2D eigenvalue weighted by Gasteiger charge is 2.66. The summed E-state index contributed by atoms with van der Waals surface area (Å²) in [5.41, 5.74) is 9.95. The van der Waals surface area contributed by atoms with Crippen LogP contribution in [0.2, 0.25) is 0 Å². The van der Waals surface area contributed by atoms with E-state index in [1.165, 1.54) is 16.2 Å². The fourth-order valence-corrected chi connectivity index (χ4v) is 20.2. The van der Waals surface area contributed by atoms with Crippen molar-refractivity contribution in [3.8, 4) is 11.1 Å². The Balaban J connectivity index is 0.659. The fraction of sp³-hybridized carbons (Fsp3) is 0.513. The van der Waals surface area contributed by atoms with Crippen molar-refractivity contribution in [1.29, 1.82) is 0 Å². The Hall–Kier alpha value is -9.42. The van der Waals surface area contributed by atoms with Crippen LogP contribution in [0.4, 0.5) is 20.5 Å². The number of carboxylic acids is 1. The van der Waals surface area contributed by atoms with Crippen molar-refractivity contribution >= 4 is 106 Å². The third-order valence-corrected chi connectivity index (χ3v) is 24.9. The summed E-state index contributed by atoms with van der Waals surface area (Å²) in [6.07, 6.45) is 8.70. The number of nitrogens with two attached hydrogens (primary N) is 1. The lowest BCUT2D eigenvalue weighted by Gasteiger charge is -2.69. The number of nitrogens with one attached hydrogen (secondary N) is 3. The molecule has 3 aromatic heterocycles. The van der Waals surface area contributed by atoms with Crippen molar-refractivity contribution in [1.82, 2.24) is 45.1 Å². The third kappa shape index (κ3) is 20.0. The first-order valence-electron chi connectivity index (χ1n) is 37.6. The molecule has 112 heavy (non-hydrogen) atoms. The highest BCUT2D eigenvalue weighted by atomic mass is 32.2. The van der Waals surface area contributed by atoms with Crippen molar-refractivity contribution in [2.24, 2.45) is 33.8 Å². The van der Waals surface area contributed by atoms with Gasteiger partial charge in [0.2, 0.25) is 5.91 Å². The molecule has 1 saturated heterocycles. The molecule has 5 fully saturated rings. The SMILES string of the molecule is Cc1c(-c2ccc(N3CCc4cccc(C(=O)Nc5nc6ccccc6s5)c4C3)nc2C(=O)O)cnn1CC12CC3(C)CC(C)(C1)CC(OCCN(CCS(=O)(=O)O)C(=O)OCc1ccc(CC(=O)[C@H](CCCNC(N)=O)NC(=O)[C@@H](CC(=O)CN4C[C@@H](N5C(=O)C=CC5=O)C[C@H]4COCCS(=O)(=O)O)C(C)C)cc1)(C3)C2.